The second-order valence-electron chi connectivity index (χ2n) is 6.15. The van der Waals surface area contributed by atoms with E-state index in [2.05, 4.69) is 10.3 Å². The molecule has 0 spiro atoms. The largest absolute Gasteiger partial charge is 0.483 e. The van der Waals surface area contributed by atoms with Crippen LogP contribution in [0.1, 0.15) is 16.7 Å². The Bertz CT molecular complexity index is 1000. The number of ether oxygens (including phenoxy) is 1. The van der Waals surface area contributed by atoms with Gasteiger partial charge in [-0.1, -0.05) is 35.3 Å². The number of anilines is 1. The molecule has 0 unspecified atom stereocenters. The molecular weight excluding hydrogens is 403 g/mol. The van der Waals surface area contributed by atoms with Gasteiger partial charge in [0.2, 0.25) is 0 Å². The van der Waals surface area contributed by atoms with Gasteiger partial charge in [0, 0.05) is 16.0 Å². The van der Waals surface area contributed by atoms with Crippen molar-refractivity contribution in [2.45, 2.75) is 20.8 Å². The third kappa shape index (κ3) is 4.61. The summed E-state index contributed by atoms with van der Waals surface area (Å²) < 4.78 is 5.74. The van der Waals surface area contributed by atoms with E-state index >= 15 is 0 Å². The summed E-state index contributed by atoms with van der Waals surface area (Å²) in [6, 6.07) is 9.24. The van der Waals surface area contributed by atoms with Gasteiger partial charge in [0.15, 0.2) is 11.7 Å². The lowest BCUT2D eigenvalue weighted by molar-refractivity contribution is -0.118. The van der Waals surface area contributed by atoms with Crippen molar-refractivity contribution >= 4 is 45.6 Å². The number of nitrogens with zero attached hydrogens (tertiary/aromatic N) is 1. The number of rotatable bonds is 5. The van der Waals surface area contributed by atoms with E-state index in [4.69, 9.17) is 27.9 Å². The number of amides is 1. The van der Waals surface area contributed by atoms with Crippen LogP contribution in [0.15, 0.2) is 35.7 Å². The van der Waals surface area contributed by atoms with E-state index in [-0.39, 0.29) is 12.5 Å². The van der Waals surface area contributed by atoms with Crippen LogP contribution >= 0.6 is 34.5 Å². The van der Waals surface area contributed by atoms with E-state index in [1.165, 1.54) is 11.3 Å². The summed E-state index contributed by atoms with van der Waals surface area (Å²) in [6.45, 7) is 5.88. The zero-order chi connectivity index (χ0) is 19.6. The zero-order valence-electron chi connectivity index (χ0n) is 15.1. The first-order valence-electron chi connectivity index (χ1n) is 8.25. The Hall–Kier alpha value is -2.08. The molecule has 140 valence electrons. The van der Waals surface area contributed by atoms with Gasteiger partial charge in [-0.2, -0.15) is 0 Å². The number of benzene rings is 2. The fourth-order valence-corrected chi connectivity index (χ4v) is 3.82. The maximum absolute atomic E-state index is 12.2. The first-order valence-corrected chi connectivity index (χ1v) is 9.89. The highest BCUT2D eigenvalue weighted by molar-refractivity contribution is 7.14. The van der Waals surface area contributed by atoms with Crippen molar-refractivity contribution in [3.8, 4) is 17.0 Å². The molecule has 0 radical (unpaired) electrons. The van der Waals surface area contributed by atoms with Crippen LogP contribution in [0.3, 0.4) is 0 Å². The van der Waals surface area contributed by atoms with Crippen LogP contribution in [0.4, 0.5) is 5.13 Å². The number of aryl methyl sites for hydroxylation is 2. The van der Waals surface area contributed by atoms with Crippen molar-refractivity contribution < 1.29 is 9.53 Å². The summed E-state index contributed by atoms with van der Waals surface area (Å²) >= 11 is 13.5. The van der Waals surface area contributed by atoms with E-state index in [0.29, 0.717) is 20.9 Å². The molecule has 0 saturated heterocycles. The molecule has 4 nitrogen and oxygen atoms in total. The van der Waals surface area contributed by atoms with Crippen molar-refractivity contribution in [1.82, 2.24) is 4.98 Å². The maximum Gasteiger partial charge on any atom is 0.264 e. The molecule has 3 rings (SSSR count). The molecule has 7 heteroatoms. The Morgan fingerprint density at radius 1 is 1.15 bits per heavy atom. The summed E-state index contributed by atoms with van der Waals surface area (Å²) in [7, 11) is 0. The molecule has 1 aromatic heterocycles. The van der Waals surface area contributed by atoms with Crippen LogP contribution in [-0.2, 0) is 4.79 Å². The van der Waals surface area contributed by atoms with Crippen LogP contribution in [0.2, 0.25) is 10.0 Å². The van der Waals surface area contributed by atoms with Crippen molar-refractivity contribution in [2.24, 2.45) is 0 Å². The number of carbonyl (C=O) groups is 1. The predicted molar refractivity (Wildman–Crippen MR) is 112 cm³/mol. The van der Waals surface area contributed by atoms with Gasteiger partial charge in [0.25, 0.3) is 5.91 Å². The van der Waals surface area contributed by atoms with Gasteiger partial charge >= 0.3 is 0 Å². The fourth-order valence-electron chi connectivity index (χ4n) is 2.59. The second kappa shape index (κ2) is 8.30. The lowest BCUT2D eigenvalue weighted by atomic mass is 10.1. The quantitative estimate of drug-likeness (QED) is 0.545. The number of nitrogens with one attached hydrogen (secondary N) is 1. The second-order valence-corrected chi connectivity index (χ2v) is 7.85. The zero-order valence-corrected chi connectivity index (χ0v) is 17.4. The number of carbonyl (C=O) groups excluding carboxylic acids is 1. The van der Waals surface area contributed by atoms with Crippen LogP contribution in [0.5, 0.6) is 5.75 Å². The van der Waals surface area contributed by atoms with Crippen molar-refractivity contribution in [1.29, 1.82) is 0 Å². The summed E-state index contributed by atoms with van der Waals surface area (Å²) in [5.41, 5.74) is 4.61. The molecule has 27 heavy (non-hydrogen) atoms. The van der Waals surface area contributed by atoms with Gasteiger partial charge in [0.1, 0.15) is 5.75 Å². The van der Waals surface area contributed by atoms with Crippen LogP contribution in [0.25, 0.3) is 11.3 Å². The molecule has 0 fully saturated rings. The Morgan fingerprint density at radius 2 is 1.89 bits per heavy atom. The minimum atomic E-state index is -0.265. The summed E-state index contributed by atoms with van der Waals surface area (Å²) in [5.74, 6) is 0.483. The fraction of sp³-hybridized carbons (Fsp3) is 0.200. The van der Waals surface area contributed by atoms with Gasteiger partial charge in [-0.3, -0.25) is 10.1 Å². The van der Waals surface area contributed by atoms with Crippen molar-refractivity contribution in [3.63, 3.8) is 0 Å². The topological polar surface area (TPSA) is 51.2 Å². The first kappa shape index (κ1) is 19.7. The maximum atomic E-state index is 12.2. The molecular formula is C20H18Cl2N2O2S. The third-order valence-electron chi connectivity index (χ3n) is 4.18. The van der Waals surface area contributed by atoms with Crippen molar-refractivity contribution in [2.75, 3.05) is 11.9 Å². The van der Waals surface area contributed by atoms with Crippen molar-refractivity contribution in [3.05, 3.63) is 62.4 Å². The summed E-state index contributed by atoms with van der Waals surface area (Å²) in [4.78, 5) is 16.7. The monoisotopic (exact) mass is 420 g/mol. The van der Waals surface area contributed by atoms with E-state index in [1.807, 2.05) is 38.3 Å². The standard InChI is InChI=1S/C20H18Cl2N2O2S/c1-11-4-5-12(2)19(13(11)3)26-9-18(25)24-20-23-17(10-27-20)15-7-6-14(21)8-16(15)22/h4-8,10H,9H2,1-3H3,(H,23,24,25). The highest BCUT2D eigenvalue weighted by atomic mass is 35.5. The SMILES string of the molecule is Cc1ccc(C)c(OCC(=O)Nc2nc(-c3ccc(Cl)cc3Cl)cs2)c1C. The van der Waals surface area contributed by atoms with E-state index in [9.17, 15) is 4.79 Å². The molecule has 2 aromatic carbocycles. The molecule has 0 aliphatic heterocycles. The van der Waals surface area contributed by atoms with Gasteiger partial charge < -0.3 is 4.74 Å². The van der Waals surface area contributed by atoms with Crippen LogP contribution in [0, 0.1) is 20.8 Å². The highest BCUT2D eigenvalue weighted by Gasteiger charge is 2.13. The highest BCUT2D eigenvalue weighted by Crippen LogP contribution is 2.32. The minimum Gasteiger partial charge on any atom is -0.483 e. The van der Waals surface area contributed by atoms with Gasteiger partial charge in [-0.25, -0.2) is 4.98 Å². The van der Waals surface area contributed by atoms with Crippen LogP contribution in [-0.4, -0.2) is 17.5 Å². The number of hydrogen-bond acceptors (Lipinski definition) is 4. The Labute approximate surface area is 172 Å². The van der Waals surface area contributed by atoms with E-state index < -0.39 is 0 Å². The van der Waals surface area contributed by atoms with Gasteiger partial charge in [0.05, 0.1) is 10.7 Å². The molecule has 0 aliphatic carbocycles. The Morgan fingerprint density at radius 3 is 2.63 bits per heavy atom. The van der Waals surface area contributed by atoms with Gasteiger partial charge in [-0.05, 0) is 55.7 Å². The molecule has 1 amide bonds. The number of halogens is 2. The summed E-state index contributed by atoms with van der Waals surface area (Å²) in [6.07, 6.45) is 0. The molecule has 0 saturated carbocycles. The number of hydrogen-bond donors (Lipinski definition) is 1. The smallest absolute Gasteiger partial charge is 0.264 e. The third-order valence-corrected chi connectivity index (χ3v) is 5.48. The van der Waals surface area contributed by atoms with E-state index in [1.54, 1.807) is 18.2 Å². The average molecular weight is 421 g/mol. The normalized spacial score (nSPS) is 10.7. The molecule has 0 atom stereocenters. The van der Waals surface area contributed by atoms with E-state index in [0.717, 1.165) is 28.0 Å². The van der Waals surface area contributed by atoms with Crippen LogP contribution < -0.4 is 10.1 Å². The molecule has 1 heterocycles. The lowest BCUT2D eigenvalue weighted by Crippen LogP contribution is -2.20. The Kier molecular flexibility index (Phi) is 6.05. The molecule has 0 bridgehead atoms. The van der Waals surface area contributed by atoms with Gasteiger partial charge in [-0.15, -0.1) is 11.3 Å². The molecule has 1 N–H and O–H groups in total. The number of thiazole rings is 1. The molecule has 0 aliphatic rings. The molecule has 3 aromatic rings. The number of aromatic nitrogens is 1. The first-order chi connectivity index (χ1) is 12.8. The minimum absolute atomic E-state index is 0.0816. The Balaban J connectivity index is 1.66. The lowest BCUT2D eigenvalue weighted by Gasteiger charge is -2.13. The summed E-state index contributed by atoms with van der Waals surface area (Å²) in [5, 5.41) is 6.16. The predicted octanol–water partition coefficient (Wildman–Crippen LogP) is 6.06. The average Bonchev–Trinajstić information content (AvgIpc) is 3.06.